The van der Waals surface area contributed by atoms with Gasteiger partial charge in [0, 0.05) is 25.7 Å². The minimum Gasteiger partial charge on any atom is -0.492 e. The first-order chi connectivity index (χ1) is 12.0. The van der Waals surface area contributed by atoms with Gasteiger partial charge in [-0.2, -0.15) is 0 Å². The van der Waals surface area contributed by atoms with Crippen LogP contribution in [0.4, 0.5) is 4.79 Å². The topological polar surface area (TPSA) is 68.8 Å². The molecule has 1 aromatic rings. The van der Waals surface area contributed by atoms with E-state index in [2.05, 4.69) is 16.7 Å². The highest BCUT2D eigenvalue weighted by Gasteiger charge is 2.41. The number of urea groups is 1. The molecule has 0 aliphatic carbocycles. The van der Waals surface area contributed by atoms with Crippen molar-refractivity contribution in [2.24, 2.45) is 0 Å². The molecular formula is C19H28N2O4. The number of rotatable bonds is 5. The highest BCUT2D eigenvalue weighted by Crippen LogP contribution is 2.32. The fourth-order valence-electron chi connectivity index (χ4n) is 3.60. The molecule has 0 saturated carbocycles. The number of ether oxygens (including phenoxy) is 3. The number of aryl methyl sites for hydroxylation is 2. The summed E-state index contributed by atoms with van der Waals surface area (Å²) in [6.45, 7) is 7.05. The van der Waals surface area contributed by atoms with Crippen molar-refractivity contribution >= 4 is 6.03 Å². The van der Waals surface area contributed by atoms with Crippen molar-refractivity contribution in [2.75, 3.05) is 33.0 Å². The van der Waals surface area contributed by atoms with Gasteiger partial charge in [-0.05, 0) is 49.9 Å². The fraction of sp³-hybridized carbons (Fsp3) is 0.632. The van der Waals surface area contributed by atoms with Gasteiger partial charge in [0.1, 0.15) is 12.4 Å². The molecular weight excluding hydrogens is 320 g/mol. The molecule has 2 atom stereocenters. The fourth-order valence-corrected chi connectivity index (χ4v) is 3.60. The molecule has 1 spiro atoms. The number of nitrogens with one attached hydrogen (secondary N) is 2. The maximum atomic E-state index is 12.1. The molecule has 25 heavy (non-hydrogen) atoms. The van der Waals surface area contributed by atoms with Gasteiger partial charge in [0.15, 0.2) is 0 Å². The molecule has 2 amide bonds. The summed E-state index contributed by atoms with van der Waals surface area (Å²) in [5.74, 6) is 0.840. The van der Waals surface area contributed by atoms with Gasteiger partial charge in [0.05, 0.1) is 18.8 Å². The van der Waals surface area contributed by atoms with Crippen LogP contribution >= 0.6 is 0 Å². The monoisotopic (exact) mass is 348 g/mol. The molecule has 2 N–H and O–H groups in total. The van der Waals surface area contributed by atoms with Gasteiger partial charge in [-0.15, -0.1) is 0 Å². The summed E-state index contributed by atoms with van der Waals surface area (Å²) in [6, 6.07) is 6.09. The zero-order valence-electron chi connectivity index (χ0n) is 15.1. The Morgan fingerprint density at radius 2 is 2.08 bits per heavy atom. The average Bonchev–Trinajstić information content (AvgIpc) is 2.98. The Balaban J connectivity index is 1.36. The lowest BCUT2D eigenvalue weighted by molar-refractivity contribution is -0.0878. The molecule has 2 aliphatic heterocycles. The predicted molar refractivity (Wildman–Crippen MR) is 95.1 cm³/mol. The Labute approximate surface area is 149 Å². The first-order valence-electron chi connectivity index (χ1n) is 9.02. The van der Waals surface area contributed by atoms with Crippen molar-refractivity contribution in [3.8, 4) is 5.75 Å². The van der Waals surface area contributed by atoms with Crippen molar-refractivity contribution in [3.05, 3.63) is 29.3 Å². The zero-order valence-corrected chi connectivity index (χ0v) is 15.1. The first kappa shape index (κ1) is 18.0. The summed E-state index contributed by atoms with van der Waals surface area (Å²) >= 11 is 0. The first-order valence-corrected chi connectivity index (χ1v) is 9.02. The predicted octanol–water partition coefficient (Wildman–Crippen LogP) is 2.32. The largest absolute Gasteiger partial charge is 0.492 e. The number of hydrogen-bond acceptors (Lipinski definition) is 4. The van der Waals surface area contributed by atoms with Crippen molar-refractivity contribution in [3.63, 3.8) is 0 Å². The van der Waals surface area contributed by atoms with E-state index in [-0.39, 0.29) is 17.7 Å². The molecule has 2 fully saturated rings. The van der Waals surface area contributed by atoms with Crippen molar-refractivity contribution in [1.29, 1.82) is 0 Å². The van der Waals surface area contributed by atoms with Gasteiger partial charge in [-0.1, -0.05) is 6.07 Å². The van der Waals surface area contributed by atoms with Gasteiger partial charge in [-0.3, -0.25) is 0 Å². The van der Waals surface area contributed by atoms with Crippen LogP contribution in [-0.4, -0.2) is 50.6 Å². The second kappa shape index (κ2) is 8.06. The number of benzene rings is 1. The average molecular weight is 348 g/mol. The summed E-state index contributed by atoms with van der Waals surface area (Å²) < 4.78 is 17.1. The quantitative estimate of drug-likeness (QED) is 0.802. The van der Waals surface area contributed by atoms with E-state index in [1.807, 2.05) is 26.0 Å². The van der Waals surface area contributed by atoms with Crippen LogP contribution in [0.2, 0.25) is 0 Å². The number of carbonyl (C=O) groups excluding carboxylic acids is 1. The third-order valence-electron chi connectivity index (χ3n) is 4.75. The molecule has 3 rings (SSSR count). The zero-order chi connectivity index (χ0) is 17.7. The molecule has 0 unspecified atom stereocenters. The molecule has 6 nitrogen and oxygen atoms in total. The third kappa shape index (κ3) is 5.09. The number of hydrogen-bond donors (Lipinski definition) is 2. The van der Waals surface area contributed by atoms with Crippen molar-refractivity contribution < 1.29 is 19.0 Å². The maximum Gasteiger partial charge on any atom is 0.315 e. The molecule has 2 saturated heterocycles. The van der Waals surface area contributed by atoms with Crippen molar-refractivity contribution in [2.45, 2.75) is 44.8 Å². The molecule has 6 heteroatoms. The highest BCUT2D eigenvalue weighted by atomic mass is 16.6. The Morgan fingerprint density at radius 3 is 2.80 bits per heavy atom. The van der Waals surface area contributed by atoms with Gasteiger partial charge >= 0.3 is 6.03 Å². The van der Waals surface area contributed by atoms with Gasteiger partial charge < -0.3 is 24.8 Å². The van der Waals surface area contributed by atoms with E-state index < -0.39 is 0 Å². The lowest BCUT2D eigenvalue weighted by atomic mass is 9.90. The van der Waals surface area contributed by atoms with Crippen LogP contribution in [-0.2, 0) is 9.47 Å². The van der Waals surface area contributed by atoms with E-state index >= 15 is 0 Å². The van der Waals surface area contributed by atoms with Gasteiger partial charge in [0.25, 0.3) is 0 Å². The highest BCUT2D eigenvalue weighted by molar-refractivity contribution is 5.74. The maximum absolute atomic E-state index is 12.1. The second-order valence-corrected chi connectivity index (χ2v) is 7.10. The summed E-state index contributed by atoms with van der Waals surface area (Å²) in [7, 11) is 0. The molecule has 0 bridgehead atoms. The number of carbonyl (C=O) groups is 1. The van der Waals surface area contributed by atoms with E-state index in [1.165, 1.54) is 11.1 Å². The van der Waals surface area contributed by atoms with Crippen LogP contribution in [0.1, 0.15) is 30.4 Å². The molecule has 138 valence electrons. The Kier molecular flexibility index (Phi) is 5.81. The summed E-state index contributed by atoms with van der Waals surface area (Å²) in [6.07, 6.45) is 2.57. The summed E-state index contributed by atoms with van der Waals surface area (Å²) in [4.78, 5) is 12.1. The van der Waals surface area contributed by atoms with E-state index in [1.54, 1.807) is 0 Å². The molecule has 0 aromatic heterocycles. The Hall–Kier alpha value is -1.79. The third-order valence-corrected chi connectivity index (χ3v) is 4.75. The van der Waals surface area contributed by atoms with Crippen LogP contribution in [0.3, 0.4) is 0 Å². The van der Waals surface area contributed by atoms with Crippen LogP contribution in [0.5, 0.6) is 5.75 Å². The van der Waals surface area contributed by atoms with Crippen LogP contribution in [0.25, 0.3) is 0 Å². The minimum absolute atomic E-state index is 0.135. The Morgan fingerprint density at radius 1 is 1.28 bits per heavy atom. The molecule has 0 radical (unpaired) electrons. The molecule has 2 heterocycles. The molecule has 2 aliphatic rings. The van der Waals surface area contributed by atoms with Gasteiger partial charge in [0.2, 0.25) is 0 Å². The summed E-state index contributed by atoms with van der Waals surface area (Å²) in [5, 5.41) is 5.91. The van der Waals surface area contributed by atoms with Crippen LogP contribution in [0.15, 0.2) is 18.2 Å². The minimum atomic E-state index is -0.192. The SMILES string of the molecule is Cc1cc(C)cc(OCCNC(=O)N[C@@H]2CCO[C@]3(CCOC3)C2)c1. The normalized spacial score (nSPS) is 25.8. The van der Waals surface area contributed by atoms with Gasteiger partial charge in [-0.25, -0.2) is 4.79 Å². The summed E-state index contributed by atoms with van der Waals surface area (Å²) in [5.41, 5.74) is 2.15. The Bertz CT molecular complexity index is 579. The standard InChI is InChI=1S/C19H28N2O4/c1-14-9-15(2)11-17(10-14)24-8-5-20-18(22)21-16-3-6-25-19(12-16)4-7-23-13-19/h9-11,16H,3-8,12-13H2,1-2H3,(H2,20,21,22)/t16-,19-/m1/s1. The van der Waals surface area contributed by atoms with Crippen LogP contribution < -0.4 is 15.4 Å². The van der Waals surface area contributed by atoms with E-state index in [0.29, 0.717) is 26.4 Å². The van der Waals surface area contributed by atoms with Crippen molar-refractivity contribution in [1.82, 2.24) is 10.6 Å². The number of amides is 2. The molecule has 1 aromatic carbocycles. The lowest BCUT2D eigenvalue weighted by Gasteiger charge is -2.37. The van der Waals surface area contributed by atoms with Crippen LogP contribution in [0, 0.1) is 13.8 Å². The van der Waals surface area contributed by atoms with E-state index in [9.17, 15) is 4.79 Å². The lowest BCUT2D eigenvalue weighted by Crippen LogP contribution is -2.51. The van der Waals surface area contributed by atoms with E-state index in [4.69, 9.17) is 14.2 Å². The smallest absolute Gasteiger partial charge is 0.315 e. The van der Waals surface area contributed by atoms with E-state index in [0.717, 1.165) is 31.6 Å². The second-order valence-electron chi connectivity index (χ2n) is 7.10.